The Kier molecular flexibility index (Phi) is 2.74. The number of allylic oxidation sites excluding steroid dienone is 4. The largest absolute Gasteiger partial charge is 0.274 e. The van der Waals surface area contributed by atoms with Crippen LogP contribution in [0, 0.1) is 35.5 Å². The number of para-hydroxylation sites is 1. The average molecular weight is 345 g/mol. The lowest BCUT2D eigenvalue weighted by Gasteiger charge is -2.29. The molecule has 4 bridgehead atoms. The van der Waals surface area contributed by atoms with Gasteiger partial charge < -0.3 is 0 Å². The lowest BCUT2D eigenvalue weighted by atomic mass is 9.72. The minimum absolute atomic E-state index is 0.0479. The number of fused-ring (bicyclic) bond motifs is 11. The van der Waals surface area contributed by atoms with Crippen LogP contribution in [0.4, 0.5) is 5.69 Å². The van der Waals surface area contributed by atoms with Gasteiger partial charge in [0.1, 0.15) is 0 Å². The maximum atomic E-state index is 13.3. The standard InChI is InChI=1S/C23H23NO2/c1-11(2)17-13-8-9-14(17)19-16-10-15(18(13)19)20-21(16)23(26)24(22(20)25)12-6-4-3-5-7-12/h3-7,13-16,20-21H,8-10H2,1-2H3/t13-,14-,15-,16-,20-,21-/m1/s1. The predicted molar refractivity (Wildman–Crippen MR) is 99.1 cm³/mol. The highest BCUT2D eigenvalue weighted by molar-refractivity contribution is 6.23. The van der Waals surface area contributed by atoms with Crippen LogP contribution in [0.25, 0.3) is 0 Å². The van der Waals surface area contributed by atoms with Gasteiger partial charge in [0.2, 0.25) is 11.8 Å². The molecule has 5 aliphatic rings. The third-order valence-electron chi connectivity index (χ3n) is 7.74. The number of carbonyl (C=O) groups is 2. The molecule has 132 valence electrons. The van der Waals surface area contributed by atoms with Gasteiger partial charge in [-0.05, 0) is 57.1 Å². The Labute approximate surface area is 153 Å². The molecule has 1 heterocycles. The van der Waals surface area contributed by atoms with Crippen LogP contribution < -0.4 is 4.90 Å². The number of imide groups is 1. The van der Waals surface area contributed by atoms with E-state index in [-0.39, 0.29) is 23.7 Å². The zero-order valence-electron chi connectivity index (χ0n) is 15.2. The molecule has 26 heavy (non-hydrogen) atoms. The molecule has 6 rings (SSSR count). The molecular weight excluding hydrogens is 322 g/mol. The van der Waals surface area contributed by atoms with Crippen molar-refractivity contribution in [1.82, 2.24) is 0 Å². The summed E-state index contributed by atoms with van der Waals surface area (Å²) in [7, 11) is 0. The molecule has 0 radical (unpaired) electrons. The third-order valence-corrected chi connectivity index (χ3v) is 7.74. The summed E-state index contributed by atoms with van der Waals surface area (Å²) in [6.45, 7) is 4.47. The molecule has 1 aromatic carbocycles. The van der Waals surface area contributed by atoms with Gasteiger partial charge in [-0.25, -0.2) is 0 Å². The Balaban J connectivity index is 1.43. The molecule has 3 nitrogen and oxygen atoms in total. The van der Waals surface area contributed by atoms with Crippen molar-refractivity contribution < 1.29 is 9.59 Å². The summed E-state index contributed by atoms with van der Waals surface area (Å²) < 4.78 is 0. The van der Waals surface area contributed by atoms with Gasteiger partial charge in [-0.15, -0.1) is 0 Å². The first-order valence-corrected chi connectivity index (χ1v) is 9.93. The normalized spacial score (nSPS) is 39.3. The number of rotatable bonds is 1. The van der Waals surface area contributed by atoms with Crippen LogP contribution in [0.1, 0.15) is 33.1 Å². The fraction of sp³-hybridized carbons (Fsp3) is 0.478. The molecular formula is C23H23NO2. The minimum atomic E-state index is -0.107. The van der Waals surface area contributed by atoms with Crippen molar-refractivity contribution in [3.8, 4) is 0 Å². The van der Waals surface area contributed by atoms with Crippen molar-refractivity contribution >= 4 is 17.5 Å². The van der Waals surface area contributed by atoms with E-state index in [0.717, 1.165) is 12.1 Å². The van der Waals surface area contributed by atoms with Gasteiger partial charge in [-0.3, -0.25) is 14.5 Å². The van der Waals surface area contributed by atoms with E-state index in [2.05, 4.69) is 13.8 Å². The van der Waals surface area contributed by atoms with Crippen molar-refractivity contribution in [1.29, 1.82) is 0 Å². The highest BCUT2D eigenvalue weighted by atomic mass is 16.2. The molecule has 1 saturated heterocycles. The minimum Gasteiger partial charge on any atom is -0.274 e. The van der Waals surface area contributed by atoms with Crippen LogP contribution in [0.3, 0.4) is 0 Å². The Hall–Kier alpha value is -2.16. The van der Waals surface area contributed by atoms with Crippen molar-refractivity contribution in [3.63, 3.8) is 0 Å². The zero-order valence-corrected chi connectivity index (χ0v) is 15.2. The molecule has 0 aromatic heterocycles. The first kappa shape index (κ1) is 15.0. The molecule has 6 atom stereocenters. The van der Waals surface area contributed by atoms with E-state index in [4.69, 9.17) is 0 Å². The average Bonchev–Trinajstić information content (AvgIpc) is 3.40. The summed E-state index contributed by atoms with van der Waals surface area (Å²) in [4.78, 5) is 28.0. The summed E-state index contributed by atoms with van der Waals surface area (Å²) in [5.41, 5.74) is 6.99. The molecule has 3 heteroatoms. The van der Waals surface area contributed by atoms with Crippen LogP contribution >= 0.6 is 0 Å². The fourth-order valence-corrected chi connectivity index (χ4v) is 7.18. The Morgan fingerprint density at radius 3 is 1.92 bits per heavy atom. The van der Waals surface area contributed by atoms with Crippen molar-refractivity contribution in [2.75, 3.05) is 4.90 Å². The van der Waals surface area contributed by atoms with E-state index in [0.29, 0.717) is 23.7 Å². The summed E-state index contributed by atoms with van der Waals surface area (Å²) in [6.07, 6.45) is 3.54. The molecule has 0 spiro atoms. The van der Waals surface area contributed by atoms with Crippen LogP contribution in [0.2, 0.25) is 0 Å². The van der Waals surface area contributed by atoms with E-state index in [1.54, 1.807) is 16.7 Å². The van der Waals surface area contributed by atoms with Crippen molar-refractivity contribution in [2.45, 2.75) is 33.1 Å². The number of amides is 2. The summed E-state index contributed by atoms with van der Waals surface area (Å²) in [5, 5.41) is 0. The van der Waals surface area contributed by atoms with Crippen LogP contribution in [-0.2, 0) is 9.59 Å². The second-order valence-corrected chi connectivity index (χ2v) is 8.90. The first-order chi connectivity index (χ1) is 12.6. The smallest absolute Gasteiger partial charge is 0.238 e. The molecule has 4 aliphatic carbocycles. The van der Waals surface area contributed by atoms with Gasteiger partial charge in [0.05, 0.1) is 17.5 Å². The number of carbonyl (C=O) groups excluding carboxylic acids is 2. The number of anilines is 1. The van der Waals surface area contributed by atoms with E-state index in [9.17, 15) is 9.59 Å². The summed E-state index contributed by atoms with van der Waals surface area (Å²) in [6, 6.07) is 9.49. The van der Waals surface area contributed by atoms with E-state index in [1.807, 2.05) is 30.3 Å². The maximum absolute atomic E-state index is 13.3. The van der Waals surface area contributed by atoms with Crippen molar-refractivity contribution in [2.24, 2.45) is 35.5 Å². The highest BCUT2D eigenvalue weighted by Gasteiger charge is 2.67. The Bertz CT molecular complexity index is 873. The monoisotopic (exact) mass is 345 g/mol. The molecule has 1 aliphatic heterocycles. The number of hydrogen-bond acceptors (Lipinski definition) is 2. The molecule has 1 aromatic rings. The lowest BCUT2D eigenvalue weighted by molar-refractivity contribution is -0.123. The van der Waals surface area contributed by atoms with E-state index < -0.39 is 0 Å². The quantitative estimate of drug-likeness (QED) is 0.436. The van der Waals surface area contributed by atoms with E-state index >= 15 is 0 Å². The predicted octanol–water partition coefficient (Wildman–Crippen LogP) is 4.11. The van der Waals surface area contributed by atoms with Crippen LogP contribution in [-0.4, -0.2) is 11.8 Å². The third kappa shape index (κ3) is 1.53. The Morgan fingerprint density at radius 1 is 0.885 bits per heavy atom. The number of hydrogen-bond donors (Lipinski definition) is 0. The maximum Gasteiger partial charge on any atom is 0.238 e. The topological polar surface area (TPSA) is 37.4 Å². The van der Waals surface area contributed by atoms with Gasteiger partial charge in [-0.2, -0.15) is 0 Å². The van der Waals surface area contributed by atoms with Crippen LogP contribution in [0.5, 0.6) is 0 Å². The number of benzene rings is 1. The van der Waals surface area contributed by atoms with Crippen molar-refractivity contribution in [3.05, 3.63) is 52.6 Å². The van der Waals surface area contributed by atoms with Gasteiger partial charge in [0.25, 0.3) is 0 Å². The molecule has 2 saturated carbocycles. The fourth-order valence-electron chi connectivity index (χ4n) is 7.18. The molecule has 3 fully saturated rings. The molecule has 2 amide bonds. The Morgan fingerprint density at radius 2 is 1.42 bits per heavy atom. The summed E-state index contributed by atoms with van der Waals surface area (Å²) >= 11 is 0. The van der Waals surface area contributed by atoms with Gasteiger partial charge in [0, 0.05) is 11.8 Å². The van der Waals surface area contributed by atoms with Crippen LogP contribution in [0.15, 0.2) is 52.6 Å². The lowest BCUT2D eigenvalue weighted by Crippen LogP contribution is -2.33. The van der Waals surface area contributed by atoms with E-state index in [1.165, 1.54) is 23.3 Å². The number of nitrogens with zero attached hydrogens (tertiary/aromatic N) is 1. The zero-order chi connectivity index (χ0) is 17.7. The molecule has 0 unspecified atom stereocenters. The highest BCUT2D eigenvalue weighted by Crippen LogP contribution is 2.70. The first-order valence-electron chi connectivity index (χ1n) is 9.93. The molecule has 0 N–H and O–H groups in total. The summed E-state index contributed by atoms with van der Waals surface area (Å²) in [5.74, 6) is 1.66. The second kappa shape index (κ2) is 4.76. The second-order valence-electron chi connectivity index (χ2n) is 8.90. The SMILES string of the molecule is CC(C)=C1[C@H]2CC[C@H]1C1=C2[C@H]2C[C@H]1[C@H]1C(=O)N(c3ccccc3)C(=O)[C@@H]12. The van der Waals surface area contributed by atoms with Gasteiger partial charge >= 0.3 is 0 Å². The van der Waals surface area contributed by atoms with Gasteiger partial charge in [-0.1, -0.05) is 40.5 Å². The van der Waals surface area contributed by atoms with Gasteiger partial charge in [0.15, 0.2) is 0 Å².